The van der Waals surface area contributed by atoms with Gasteiger partial charge in [0.15, 0.2) is 9.84 Å². The number of amides is 1. The van der Waals surface area contributed by atoms with E-state index >= 15 is 0 Å². The van der Waals surface area contributed by atoms with E-state index in [0.29, 0.717) is 11.1 Å². The second-order valence-corrected chi connectivity index (χ2v) is 6.74. The molecule has 0 radical (unpaired) electrons. The van der Waals surface area contributed by atoms with Crippen LogP contribution in [0.5, 0.6) is 0 Å². The lowest BCUT2D eigenvalue weighted by Crippen LogP contribution is -2.36. The van der Waals surface area contributed by atoms with Crippen molar-refractivity contribution in [3.05, 3.63) is 35.4 Å². The Balaban J connectivity index is 2.76. The Morgan fingerprint density at radius 3 is 2.65 bits per heavy atom. The summed E-state index contributed by atoms with van der Waals surface area (Å²) in [5, 5.41) is 11.5. The molecule has 5 nitrogen and oxygen atoms in total. The molecule has 1 rings (SSSR count). The highest BCUT2D eigenvalue weighted by Crippen LogP contribution is 2.12. The van der Waals surface area contributed by atoms with Crippen molar-refractivity contribution >= 4 is 15.7 Å². The molecule has 1 unspecified atom stereocenters. The van der Waals surface area contributed by atoms with Crippen LogP contribution in [0.4, 0.5) is 0 Å². The maximum Gasteiger partial charge on any atom is 0.235 e. The zero-order valence-electron chi connectivity index (χ0n) is 11.6. The summed E-state index contributed by atoms with van der Waals surface area (Å²) in [6.07, 6.45) is 0.739. The summed E-state index contributed by atoms with van der Waals surface area (Å²) in [6.45, 7) is 3.72. The minimum Gasteiger partial charge on any atom is -0.353 e. The van der Waals surface area contributed by atoms with Crippen LogP contribution in [0.25, 0.3) is 0 Å². The summed E-state index contributed by atoms with van der Waals surface area (Å²) in [7, 11) is -3.58. The fraction of sp³-hybridized carbons (Fsp3) is 0.429. The summed E-state index contributed by atoms with van der Waals surface area (Å²) < 4.78 is 24.0. The fourth-order valence-electron chi connectivity index (χ4n) is 1.66. The van der Waals surface area contributed by atoms with Crippen molar-refractivity contribution in [2.75, 3.05) is 5.75 Å². The molecule has 1 N–H and O–H groups in total. The van der Waals surface area contributed by atoms with Gasteiger partial charge >= 0.3 is 0 Å². The van der Waals surface area contributed by atoms with E-state index in [9.17, 15) is 13.2 Å². The number of nitrogens with one attached hydrogen (secondary N) is 1. The van der Waals surface area contributed by atoms with Gasteiger partial charge in [0, 0.05) is 6.04 Å². The first-order chi connectivity index (χ1) is 9.38. The Hall–Kier alpha value is -1.87. The summed E-state index contributed by atoms with van der Waals surface area (Å²) >= 11 is 0. The molecule has 0 aliphatic carbocycles. The number of hydrogen-bond acceptors (Lipinski definition) is 4. The Labute approximate surface area is 119 Å². The predicted molar refractivity (Wildman–Crippen MR) is 76.5 cm³/mol. The Morgan fingerprint density at radius 1 is 1.40 bits per heavy atom. The molecular weight excluding hydrogens is 276 g/mol. The second kappa shape index (κ2) is 7.06. The van der Waals surface area contributed by atoms with Crippen LogP contribution < -0.4 is 5.32 Å². The largest absolute Gasteiger partial charge is 0.353 e. The molecule has 0 bridgehead atoms. The first kappa shape index (κ1) is 16.2. The standard InChI is InChI=1S/C14H18N2O3S/c1-3-11(2)16-14(17)10-20(18,19)9-13-7-5-4-6-12(13)8-15/h4-7,11H,3,9-10H2,1-2H3,(H,16,17). The summed E-state index contributed by atoms with van der Waals surface area (Å²) in [5.74, 6) is -1.37. The molecule has 0 aliphatic rings. The average Bonchev–Trinajstić information content (AvgIpc) is 2.37. The number of nitriles is 1. The predicted octanol–water partition coefficient (Wildman–Crippen LogP) is 1.39. The monoisotopic (exact) mass is 294 g/mol. The highest BCUT2D eigenvalue weighted by Gasteiger charge is 2.19. The topological polar surface area (TPSA) is 87.0 Å². The van der Waals surface area contributed by atoms with E-state index in [-0.39, 0.29) is 11.8 Å². The van der Waals surface area contributed by atoms with Crippen molar-refractivity contribution < 1.29 is 13.2 Å². The van der Waals surface area contributed by atoms with Crippen molar-refractivity contribution in [3.8, 4) is 6.07 Å². The van der Waals surface area contributed by atoms with Gasteiger partial charge in [-0.2, -0.15) is 5.26 Å². The highest BCUT2D eigenvalue weighted by atomic mass is 32.2. The molecular formula is C14H18N2O3S. The van der Waals surface area contributed by atoms with Crippen LogP contribution in [0, 0.1) is 11.3 Å². The average molecular weight is 294 g/mol. The minimum absolute atomic E-state index is 0.0518. The molecule has 0 saturated carbocycles. The second-order valence-electron chi connectivity index (χ2n) is 4.68. The SMILES string of the molecule is CCC(C)NC(=O)CS(=O)(=O)Cc1ccccc1C#N. The number of sulfone groups is 1. The molecule has 0 aromatic heterocycles. The van der Waals surface area contributed by atoms with Crippen LogP contribution in [0.1, 0.15) is 31.4 Å². The number of benzene rings is 1. The lowest BCUT2D eigenvalue weighted by atomic mass is 10.1. The number of carbonyl (C=O) groups is 1. The van der Waals surface area contributed by atoms with Crippen LogP contribution in [-0.4, -0.2) is 26.1 Å². The normalized spacial score (nSPS) is 12.4. The third kappa shape index (κ3) is 5.02. The summed E-state index contributed by atoms with van der Waals surface area (Å²) in [4.78, 5) is 11.6. The highest BCUT2D eigenvalue weighted by molar-refractivity contribution is 7.91. The zero-order valence-corrected chi connectivity index (χ0v) is 12.4. The minimum atomic E-state index is -3.58. The fourth-order valence-corrected chi connectivity index (χ4v) is 2.97. The van der Waals surface area contributed by atoms with Crippen LogP contribution in [0.3, 0.4) is 0 Å². The third-order valence-corrected chi connectivity index (χ3v) is 4.34. The maximum absolute atomic E-state index is 12.0. The van der Waals surface area contributed by atoms with Gasteiger partial charge in [0.05, 0.1) is 17.4 Å². The molecule has 108 valence electrons. The molecule has 1 aromatic rings. The van der Waals surface area contributed by atoms with E-state index in [1.165, 1.54) is 0 Å². The van der Waals surface area contributed by atoms with E-state index in [0.717, 1.165) is 6.42 Å². The van der Waals surface area contributed by atoms with Gasteiger partial charge in [-0.25, -0.2) is 8.42 Å². The van der Waals surface area contributed by atoms with Crippen molar-refractivity contribution in [1.82, 2.24) is 5.32 Å². The van der Waals surface area contributed by atoms with Crippen molar-refractivity contribution in [2.24, 2.45) is 0 Å². The molecule has 0 heterocycles. The molecule has 0 aliphatic heterocycles. The van der Waals surface area contributed by atoms with Gasteiger partial charge < -0.3 is 5.32 Å². The maximum atomic E-state index is 12.0. The van der Waals surface area contributed by atoms with Crippen molar-refractivity contribution in [1.29, 1.82) is 5.26 Å². The number of rotatable bonds is 6. The molecule has 1 aromatic carbocycles. The number of nitrogens with zero attached hydrogens (tertiary/aromatic N) is 1. The third-order valence-electron chi connectivity index (χ3n) is 2.88. The zero-order chi connectivity index (χ0) is 15.2. The smallest absolute Gasteiger partial charge is 0.235 e. The van der Waals surface area contributed by atoms with Gasteiger partial charge in [-0.05, 0) is 25.0 Å². The van der Waals surface area contributed by atoms with Crippen molar-refractivity contribution in [3.63, 3.8) is 0 Å². The van der Waals surface area contributed by atoms with Crippen LogP contribution >= 0.6 is 0 Å². The number of hydrogen-bond donors (Lipinski definition) is 1. The van der Waals surface area contributed by atoms with Crippen LogP contribution in [0.2, 0.25) is 0 Å². The molecule has 1 amide bonds. The van der Waals surface area contributed by atoms with Gasteiger partial charge in [-0.3, -0.25) is 4.79 Å². The van der Waals surface area contributed by atoms with E-state index in [4.69, 9.17) is 5.26 Å². The Kier molecular flexibility index (Phi) is 5.71. The molecule has 1 atom stereocenters. The Bertz CT molecular complexity index is 618. The van der Waals surface area contributed by atoms with E-state index in [1.54, 1.807) is 24.3 Å². The molecule has 6 heteroatoms. The summed E-state index contributed by atoms with van der Waals surface area (Å²) in [5.41, 5.74) is 0.741. The number of carbonyl (C=O) groups excluding carboxylic acids is 1. The van der Waals surface area contributed by atoms with Crippen LogP contribution in [0.15, 0.2) is 24.3 Å². The molecule has 0 saturated heterocycles. The first-order valence-electron chi connectivity index (χ1n) is 6.35. The van der Waals surface area contributed by atoms with Gasteiger partial charge in [-0.1, -0.05) is 25.1 Å². The molecule has 20 heavy (non-hydrogen) atoms. The van der Waals surface area contributed by atoms with Gasteiger partial charge in [-0.15, -0.1) is 0 Å². The van der Waals surface area contributed by atoms with E-state index in [2.05, 4.69) is 5.32 Å². The summed E-state index contributed by atoms with van der Waals surface area (Å²) in [6, 6.07) is 8.38. The first-order valence-corrected chi connectivity index (χ1v) is 8.18. The lowest BCUT2D eigenvalue weighted by Gasteiger charge is -2.11. The lowest BCUT2D eigenvalue weighted by molar-refractivity contribution is -0.119. The molecule has 0 spiro atoms. The molecule has 0 fully saturated rings. The Morgan fingerprint density at radius 2 is 2.05 bits per heavy atom. The van der Waals surface area contributed by atoms with E-state index in [1.807, 2.05) is 19.9 Å². The van der Waals surface area contributed by atoms with Gasteiger partial charge in [0.25, 0.3) is 0 Å². The van der Waals surface area contributed by atoms with Gasteiger partial charge in [0.1, 0.15) is 5.75 Å². The van der Waals surface area contributed by atoms with Crippen molar-refractivity contribution in [2.45, 2.75) is 32.1 Å². The van der Waals surface area contributed by atoms with Gasteiger partial charge in [0.2, 0.25) is 5.91 Å². The quantitative estimate of drug-likeness (QED) is 0.858. The van der Waals surface area contributed by atoms with Crippen LogP contribution in [-0.2, 0) is 20.4 Å². The van der Waals surface area contributed by atoms with E-state index < -0.39 is 21.5 Å².